The highest BCUT2D eigenvalue weighted by Gasteiger charge is 2.12. The average molecular weight is 271 g/mol. The molecular formula is C15H17N3O2. The maximum Gasteiger partial charge on any atom is 0.271 e. The summed E-state index contributed by atoms with van der Waals surface area (Å²) >= 11 is 0. The molecule has 0 unspecified atom stereocenters. The van der Waals surface area contributed by atoms with Crippen LogP contribution in [0.15, 0.2) is 42.5 Å². The zero-order valence-corrected chi connectivity index (χ0v) is 11.5. The third-order valence-electron chi connectivity index (χ3n) is 3.32. The van der Waals surface area contributed by atoms with E-state index < -0.39 is 4.92 Å². The molecule has 0 saturated carbocycles. The minimum atomic E-state index is -0.448. The largest absolute Gasteiger partial charge is 0.397 e. The second-order valence-corrected chi connectivity index (χ2v) is 4.58. The summed E-state index contributed by atoms with van der Waals surface area (Å²) in [5.74, 6) is 0. The molecule has 5 nitrogen and oxygen atoms in total. The van der Waals surface area contributed by atoms with Gasteiger partial charge in [0.2, 0.25) is 0 Å². The first-order valence-corrected chi connectivity index (χ1v) is 6.39. The van der Waals surface area contributed by atoms with Gasteiger partial charge in [0.15, 0.2) is 0 Å². The summed E-state index contributed by atoms with van der Waals surface area (Å²) < 4.78 is 0. The fourth-order valence-corrected chi connectivity index (χ4v) is 2.06. The number of non-ortho nitro benzene ring substituents is 1. The SMILES string of the molecule is CCc1ccc(N(C)c2ccc([N+](=O)[O-])cc2N)cc1. The van der Waals surface area contributed by atoms with Crippen molar-refractivity contribution in [1.82, 2.24) is 0 Å². The third kappa shape index (κ3) is 2.71. The summed E-state index contributed by atoms with van der Waals surface area (Å²) in [4.78, 5) is 12.2. The van der Waals surface area contributed by atoms with Gasteiger partial charge in [-0.25, -0.2) is 0 Å². The van der Waals surface area contributed by atoms with E-state index in [1.807, 2.05) is 24.1 Å². The predicted molar refractivity (Wildman–Crippen MR) is 81.4 cm³/mol. The van der Waals surface area contributed by atoms with Crippen LogP contribution >= 0.6 is 0 Å². The molecule has 0 saturated heterocycles. The number of nitrogens with zero attached hydrogens (tertiary/aromatic N) is 2. The van der Waals surface area contributed by atoms with E-state index in [1.165, 1.54) is 17.7 Å². The van der Waals surface area contributed by atoms with Gasteiger partial charge in [0, 0.05) is 24.9 Å². The molecule has 2 N–H and O–H groups in total. The Morgan fingerprint density at radius 1 is 1.20 bits per heavy atom. The average Bonchev–Trinajstić information content (AvgIpc) is 2.46. The number of nitrogen functional groups attached to an aromatic ring is 1. The fraction of sp³-hybridized carbons (Fsp3) is 0.200. The molecule has 0 bridgehead atoms. The number of hydrogen-bond acceptors (Lipinski definition) is 4. The third-order valence-corrected chi connectivity index (χ3v) is 3.32. The topological polar surface area (TPSA) is 72.4 Å². The lowest BCUT2D eigenvalue weighted by atomic mass is 10.1. The molecule has 5 heteroatoms. The van der Waals surface area contributed by atoms with Gasteiger partial charge in [-0.05, 0) is 30.2 Å². The van der Waals surface area contributed by atoms with Gasteiger partial charge in [0.05, 0.1) is 16.3 Å². The van der Waals surface area contributed by atoms with Gasteiger partial charge in [-0.2, -0.15) is 0 Å². The van der Waals surface area contributed by atoms with Crippen LogP contribution in [0.2, 0.25) is 0 Å². The number of nitrogens with two attached hydrogens (primary N) is 1. The van der Waals surface area contributed by atoms with E-state index in [4.69, 9.17) is 5.73 Å². The van der Waals surface area contributed by atoms with Crippen molar-refractivity contribution in [2.45, 2.75) is 13.3 Å². The molecule has 0 aliphatic carbocycles. The highest BCUT2D eigenvalue weighted by atomic mass is 16.6. The number of aryl methyl sites for hydroxylation is 1. The summed E-state index contributed by atoms with van der Waals surface area (Å²) in [6, 6.07) is 12.7. The van der Waals surface area contributed by atoms with Crippen LogP contribution in [0.25, 0.3) is 0 Å². The number of rotatable bonds is 4. The number of anilines is 3. The van der Waals surface area contributed by atoms with Crippen molar-refractivity contribution in [1.29, 1.82) is 0 Å². The minimum absolute atomic E-state index is 0.000908. The Kier molecular flexibility index (Phi) is 3.89. The van der Waals surface area contributed by atoms with Crippen molar-refractivity contribution < 1.29 is 4.92 Å². The lowest BCUT2D eigenvalue weighted by Crippen LogP contribution is -2.11. The van der Waals surface area contributed by atoms with Crippen molar-refractivity contribution in [2.75, 3.05) is 17.7 Å². The molecule has 20 heavy (non-hydrogen) atoms. The molecule has 0 aliphatic rings. The molecule has 0 radical (unpaired) electrons. The summed E-state index contributed by atoms with van der Waals surface area (Å²) in [6.07, 6.45) is 0.990. The van der Waals surface area contributed by atoms with Gasteiger partial charge < -0.3 is 10.6 Å². The molecule has 0 amide bonds. The van der Waals surface area contributed by atoms with Gasteiger partial charge in [-0.3, -0.25) is 10.1 Å². The maximum atomic E-state index is 10.7. The smallest absolute Gasteiger partial charge is 0.271 e. The first-order chi connectivity index (χ1) is 9.52. The van der Waals surface area contributed by atoms with Crippen LogP contribution in [0.5, 0.6) is 0 Å². The first kappa shape index (κ1) is 13.9. The number of nitro groups is 1. The van der Waals surface area contributed by atoms with E-state index >= 15 is 0 Å². The molecule has 2 rings (SSSR count). The van der Waals surface area contributed by atoms with Crippen LogP contribution in [0.4, 0.5) is 22.7 Å². The Hall–Kier alpha value is -2.56. The van der Waals surface area contributed by atoms with Crippen LogP contribution < -0.4 is 10.6 Å². The van der Waals surface area contributed by atoms with Crippen molar-refractivity contribution in [2.24, 2.45) is 0 Å². The van der Waals surface area contributed by atoms with Crippen LogP contribution in [-0.2, 0) is 6.42 Å². The molecule has 0 heterocycles. The summed E-state index contributed by atoms with van der Waals surface area (Å²) in [6.45, 7) is 2.10. The van der Waals surface area contributed by atoms with E-state index in [-0.39, 0.29) is 5.69 Å². The summed E-state index contributed by atoms with van der Waals surface area (Å²) in [5, 5.41) is 10.7. The molecule has 0 fully saturated rings. The molecule has 2 aromatic carbocycles. The molecule has 0 aliphatic heterocycles. The van der Waals surface area contributed by atoms with E-state index in [0.29, 0.717) is 5.69 Å². The normalized spacial score (nSPS) is 10.3. The zero-order chi connectivity index (χ0) is 14.7. The Morgan fingerprint density at radius 3 is 2.35 bits per heavy atom. The van der Waals surface area contributed by atoms with Gasteiger partial charge in [0.25, 0.3) is 5.69 Å². The van der Waals surface area contributed by atoms with Gasteiger partial charge >= 0.3 is 0 Å². The molecule has 0 aromatic heterocycles. The molecule has 0 spiro atoms. The van der Waals surface area contributed by atoms with E-state index in [1.54, 1.807) is 6.07 Å². The van der Waals surface area contributed by atoms with Crippen molar-refractivity contribution in [3.63, 3.8) is 0 Å². The predicted octanol–water partition coefficient (Wildman–Crippen LogP) is 3.51. The van der Waals surface area contributed by atoms with Gasteiger partial charge in [-0.15, -0.1) is 0 Å². The van der Waals surface area contributed by atoms with Gasteiger partial charge in [-0.1, -0.05) is 19.1 Å². The fourth-order valence-electron chi connectivity index (χ4n) is 2.06. The van der Waals surface area contributed by atoms with Crippen molar-refractivity contribution in [3.05, 3.63) is 58.1 Å². The van der Waals surface area contributed by atoms with Gasteiger partial charge in [0.1, 0.15) is 0 Å². The first-order valence-electron chi connectivity index (χ1n) is 6.39. The molecule has 0 atom stereocenters. The highest BCUT2D eigenvalue weighted by Crippen LogP contribution is 2.31. The number of hydrogen-bond donors (Lipinski definition) is 1. The maximum absolute atomic E-state index is 10.7. The van der Waals surface area contributed by atoms with Crippen molar-refractivity contribution >= 4 is 22.7 Å². The lowest BCUT2D eigenvalue weighted by molar-refractivity contribution is -0.384. The Balaban J connectivity index is 2.32. The minimum Gasteiger partial charge on any atom is -0.397 e. The van der Waals surface area contributed by atoms with E-state index in [9.17, 15) is 10.1 Å². The molecule has 104 valence electrons. The Labute approximate surface area is 117 Å². The van der Waals surface area contributed by atoms with Crippen LogP contribution in [-0.4, -0.2) is 12.0 Å². The Morgan fingerprint density at radius 2 is 1.85 bits per heavy atom. The lowest BCUT2D eigenvalue weighted by Gasteiger charge is -2.21. The van der Waals surface area contributed by atoms with E-state index in [0.717, 1.165) is 17.8 Å². The number of nitro benzene ring substituents is 1. The van der Waals surface area contributed by atoms with Crippen LogP contribution in [0.1, 0.15) is 12.5 Å². The standard InChI is InChI=1S/C15H17N3O2/c1-3-11-4-6-12(7-5-11)17(2)15-9-8-13(18(19)20)10-14(15)16/h4-10H,3,16H2,1-2H3. The van der Waals surface area contributed by atoms with Crippen molar-refractivity contribution in [3.8, 4) is 0 Å². The second kappa shape index (κ2) is 5.61. The summed E-state index contributed by atoms with van der Waals surface area (Å²) in [5.41, 5.74) is 9.30. The van der Waals surface area contributed by atoms with Crippen LogP contribution in [0, 0.1) is 10.1 Å². The monoisotopic (exact) mass is 271 g/mol. The summed E-state index contributed by atoms with van der Waals surface area (Å²) in [7, 11) is 1.89. The molecular weight excluding hydrogens is 254 g/mol. The zero-order valence-electron chi connectivity index (χ0n) is 11.5. The second-order valence-electron chi connectivity index (χ2n) is 4.58. The molecule has 2 aromatic rings. The van der Waals surface area contributed by atoms with Crippen LogP contribution in [0.3, 0.4) is 0 Å². The quantitative estimate of drug-likeness (QED) is 0.524. The highest BCUT2D eigenvalue weighted by molar-refractivity contribution is 5.76. The Bertz CT molecular complexity index is 624. The van der Waals surface area contributed by atoms with E-state index in [2.05, 4.69) is 19.1 Å². The number of benzene rings is 2.